The van der Waals surface area contributed by atoms with Crippen molar-refractivity contribution in [3.05, 3.63) is 18.4 Å². The third kappa shape index (κ3) is 14.8. The summed E-state index contributed by atoms with van der Waals surface area (Å²) in [5.41, 5.74) is 2.31. The Morgan fingerprint density at radius 2 is 2.00 bits per heavy atom. The summed E-state index contributed by atoms with van der Waals surface area (Å²) in [7, 11) is 0. The molecule has 1 heteroatoms. The minimum Gasteiger partial charge on any atom is -0.339 e. The third-order valence-corrected chi connectivity index (χ3v) is 0.167. The van der Waals surface area contributed by atoms with Crippen LogP contribution in [0.5, 0.6) is 0 Å². The van der Waals surface area contributed by atoms with Gasteiger partial charge in [-0.2, -0.15) is 6.08 Å². The van der Waals surface area contributed by atoms with Gasteiger partial charge in [0.1, 0.15) is 0 Å². The average molecular weight is 60.0 g/mol. The zero-order valence-electron chi connectivity index (χ0n) is 3.65. The maximum absolute atomic E-state index is 4.72. The first kappa shape index (κ1) is 8.93. The van der Waals surface area contributed by atoms with E-state index >= 15 is 0 Å². The number of rotatable bonds is 0. The van der Waals surface area contributed by atoms with Gasteiger partial charge in [0.2, 0.25) is 0 Å². The van der Waals surface area contributed by atoms with Gasteiger partial charge in [0, 0.05) is 0 Å². The van der Waals surface area contributed by atoms with E-state index in [1.807, 2.05) is 6.92 Å². The van der Waals surface area contributed by atoms with Crippen LogP contribution >= 0.6 is 0 Å². The zero-order chi connectivity index (χ0) is 3.41. The van der Waals surface area contributed by atoms with Gasteiger partial charge < -0.3 is 5.73 Å². The molecule has 0 aliphatic carbocycles. The van der Waals surface area contributed by atoms with Crippen molar-refractivity contribution in [1.29, 1.82) is 0 Å². The molecule has 0 saturated carbocycles. The molecule has 0 saturated heterocycles. The second-order valence-electron chi connectivity index (χ2n) is 0.455. The normalized spacial score (nSPS) is 3.40. The van der Waals surface area contributed by atoms with Crippen LogP contribution in [0.1, 0.15) is 6.92 Å². The largest absolute Gasteiger partial charge is 1.00 e. The summed E-state index contributed by atoms with van der Waals surface area (Å²) in [5, 5.41) is 0. The van der Waals surface area contributed by atoms with Gasteiger partial charge in [0.25, 0.3) is 0 Å². The Kier molecular flexibility index (Phi) is 15.9. The minimum atomic E-state index is 0. The van der Waals surface area contributed by atoms with Gasteiger partial charge in [-0.25, -0.2) is 6.58 Å². The topological polar surface area (TPSA) is 0 Å². The van der Waals surface area contributed by atoms with E-state index in [2.05, 4.69) is 5.73 Å². The van der Waals surface area contributed by atoms with Crippen LogP contribution in [0.3, 0.4) is 0 Å². The molecule has 0 rings (SSSR count). The molecule has 0 nitrogen and oxygen atoms in total. The fourth-order valence-electron chi connectivity index (χ4n) is 0. The van der Waals surface area contributed by atoms with E-state index in [4.69, 9.17) is 6.58 Å². The van der Waals surface area contributed by atoms with Crippen LogP contribution in [0.2, 0.25) is 0 Å². The van der Waals surface area contributed by atoms with Gasteiger partial charge in [-0.1, -0.05) is 0 Å². The predicted octanol–water partition coefficient (Wildman–Crippen LogP) is -1.85. The quantitative estimate of drug-likeness (QED) is 0.175. The van der Waals surface area contributed by atoms with Crippen molar-refractivity contribution in [2.24, 2.45) is 0 Å². The van der Waals surface area contributed by atoms with Gasteiger partial charge in [0.05, 0.1) is 0 Å². The predicted molar refractivity (Wildman–Crippen MR) is 18.1 cm³/mol. The van der Waals surface area contributed by atoms with Crippen LogP contribution in [0.4, 0.5) is 0 Å². The van der Waals surface area contributed by atoms with Crippen molar-refractivity contribution in [1.82, 2.24) is 0 Å². The van der Waals surface area contributed by atoms with Gasteiger partial charge >= 0.3 is 18.9 Å². The Balaban J connectivity index is 0. The van der Waals surface area contributed by atoms with Crippen molar-refractivity contribution in [2.45, 2.75) is 6.92 Å². The fraction of sp³-hybridized carbons (Fsp3) is 0.250. The Hall–Kier alpha value is 0.117. The molecular weight excluding hydrogens is 55.0 g/mol. The third-order valence-electron chi connectivity index (χ3n) is 0.167. The molecule has 0 bridgehead atoms. The van der Waals surface area contributed by atoms with Crippen LogP contribution in [0, 0.1) is 6.58 Å². The monoisotopic (exact) mass is 60.1 g/mol. The van der Waals surface area contributed by atoms with E-state index in [-0.39, 0.29) is 18.9 Å². The summed E-state index contributed by atoms with van der Waals surface area (Å²) in [6, 6.07) is 0. The van der Waals surface area contributed by atoms with Crippen molar-refractivity contribution in [3.63, 3.8) is 0 Å². The Labute approximate surface area is 44.8 Å². The summed E-state index contributed by atoms with van der Waals surface area (Å²) in [6.45, 7) is 6.54. The van der Waals surface area contributed by atoms with E-state index in [0.29, 0.717) is 0 Å². The molecule has 22 valence electrons. The molecule has 5 heavy (non-hydrogen) atoms. The van der Waals surface area contributed by atoms with Crippen LogP contribution < -0.4 is 18.9 Å². The van der Waals surface area contributed by atoms with E-state index in [1.165, 1.54) is 0 Å². The standard InChI is InChI=1S/C4H5.Li/c1-3-4-2;/h1,4H,2H3;/q-1;+1. The zero-order valence-corrected chi connectivity index (χ0v) is 3.65. The molecule has 0 fully saturated rings. The van der Waals surface area contributed by atoms with Crippen LogP contribution in [-0.2, 0) is 0 Å². The maximum Gasteiger partial charge on any atom is 1.00 e. The van der Waals surface area contributed by atoms with E-state index in [0.717, 1.165) is 0 Å². The number of allylic oxidation sites excluding steroid dienone is 1. The smallest absolute Gasteiger partial charge is 0.339 e. The first-order valence-electron chi connectivity index (χ1n) is 1.15. The van der Waals surface area contributed by atoms with Crippen molar-refractivity contribution >= 4 is 0 Å². The molecule has 0 spiro atoms. The molecule has 0 aromatic carbocycles. The SMILES string of the molecule is [CH-]=C=CC.[Li+]. The summed E-state index contributed by atoms with van der Waals surface area (Å²) in [5.74, 6) is 0. The van der Waals surface area contributed by atoms with Crippen LogP contribution in [0.15, 0.2) is 11.8 Å². The molecule has 0 aliphatic heterocycles. The van der Waals surface area contributed by atoms with Crippen molar-refractivity contribution in [2.75, 3.05) is 0 Å². The van der Waals surface area contributed by atoms with Crippen LogP contribution in [-0.4, -0.2) is 0 Å². The molecule has 0 atom stereocenters. The van der Waals surface area contributed by atoms with E-state index in [1.54, 1.807) is 6.08 Å². The van der Waals surface area contributed by atoms with E-state index in [9.17, 15) is 0 Å². The molecule has 0 heterocycles. The minimum absolute atomic E-state index is 0. The van der Waals surface area contributed by atoms with Crippen molar-refractivity contribution in [3.8, 4) is 0 Å². The Bertz CT molecular complexity index is 41.6. The molecular formula is C4H5Li. The molecule has 0 aromatic rings. The average Bonchev–Trinajstić information content (AvgIpc) is 1.37. The summed E-state index contributed by atoms with van der Waals surface area (Å²) < 4.78 is 0. The maximum atomic E-state index is 4.72. The summed E-state index contributed by atoms with van der Waals surface area (Å²) in [4.78, 5) is 0. The molecule has 0 amide bonds. The molecule has 0 radical (unpaired) electrons. The van der Waals surface area contributed by atoms with Gasteiger partial charge in [-0.15, -0.1) is 6.92 Å². The molecule has 0 unspecified atom stereocenters. The van der Waals surface area contributed by atoms with Gasteiger partial charge in [-0.05, 0) is 0 Å². The fourth-order valence-corrected chi connectivity index (χ4v) is 0. The van der Waals surface area contributed by atoms with E-state index < -0.39 is 0 Å². The van der Waals surface area contributed by atoms with Crippen LogP contribution in [0.25, 0.3) is 0 Å². The first-order valence-corrected chi connectivity index (χ1v) is 1.15. The molecule has 0 aromatic heterocycles. The van der Waals surface area contributed by atoms with Gasteiger partial charge in [-0.3, -0.25) is 0 Å². The second-order valence-corrected chi connectivity index (χ2v) is 0.455. The number of hydrogen-bond acceptors (Lipinski definition) is 0. The first-order chi connectivity index (χ1) is 1.91. The molecule has 0 N–H and O–H groups in total. The summed E-state index contributed by atoms with van der Waals surface area (Å²) in [6.07, 6.45) is 1.65. The Morgan fingerprint density at radius 1 is 1.80 bits per heavy atom. The number of hydrogen-bond donors (Lipinski definition) is 0. The molecule has 0 aliphatic rings. The van der Waals surface area contributed by atoms with Crippen molar-refractivity contribution < 1.29 is 18.9 Å². The Morgan fingerprint density at radius 3 is 2.00 bits per heavy atom. The summed E-state index contributed by atoms with van der Waals surface area (Å²) >= 11 is 0. The second kappa shape index (κ2) is 8.92. The van der Waals surface area contributed by atoms with Gasteiger partial charge in [0.15, 0.2) is 0 Å².